The van der Waals surface area contributed by atoms with Gasteiger partial charge in [-0.25, -0.2) is 0 Å². The van der Waals surface area contributed by atoms with Gasteiger partial charge in [0.1, 0.15) is 0 Å². The summed E-state index contributed by atoms with van der Waals surface area (Å²) < 4.78 is 8.52. The van der Waals surface area contributed by atoms with Gasteiger partial charge in [-0.3, -0.25) is 4.68 Å². The predicted molar refractivity (Wildman–Crippen MR) is 75.6 cm³/mol. The van der Waals surface area contributed by atoms with Crippen molar-refractivity contribution in [2.75, 3.05) is 0 Å². The molecule has 0 aliphatic carbocycles. The van der Waals surface area contributed by atoms with Crippen LogP contribution in [0.1, 0.15) is 17.0 Å². The number of benzene rings is 1. The Bertz CT molecular complexity index is 554. The van der Waals surface area contributed by atoms with Crippen LogP contribution in [0.25, 0.3) is 0 Å². The monoisotopic (exact) mass is 328 g/mol. The summed E-state index contributed by atoms with van der Waals surface area (Å²) in [5, 5.41) is 5.05. The first-order chi connectivity index (χ1) is 8.59. The number of ether oxygens (including phenoxy) is 1. The van der Waals surface area contributed by atoms with Crippen molar-refractivity contribution in [2.24, 2.45) is 7.05 Å². The molecule has 0 fully saturated rings. The molecule has 0 aliphatic heterocycles. The fourth-order valence-corrected chi connectivity index (χ4v) is 2.35. The summed E-state index contributed by atoms with van der Waals surface area (Å²) in [6.45, 7) is 2.96. The number of rotatable bonds is 4. The molecule has 0 saturated heterocycles. The Morgan fingerprint density at radius 3 is 2.67 bits per heavy atom. The smallest absolute Gasteiger partial charge is 0.0900 e. The Labute approximate surface area is 120 Å². The lowest BCUT2D eigenvalue weighted by Gasteiger charge is -2.07. The Hall–Kier alpha value is -0.840. The lowest BCUT2D eigenvalue weighted by atomic mass is 10.2. The van der Waals surface area contributed by atoms with Crippen molar-refractivity contribution in [1.82, 2.24) is 9.78 Å². The van der Waals surface area contributed by atoms with Crippen molar-refractivity contribution in [3.63, 3.8) is 0 Å². The van der Waals surface area contributed by atoms with Gasteiger partial charge in [0, 0.05) is 12.1 Å². The fourth-order valence-electron chi connectivity index (χ4n) is 1.71. The predicted octanol–water partition coefficient (Wildman–Crippen LogP) is 3.86. The molecule has 5 heteroatoms. The van der Waals surface area contributed by atoms with E-state index in [2.05, 4.69) is 21.0 Å². The van der Waals surface area contributed by atoms with E-state index in [4.69, 9.17) is 16.3 Å². The average Bonchev–Trinajstić information content (AvgIpc) is 2.58. The summed E-state index contributed by atoms with van der Waals surface area (Å²) in [4.78, 5) is 0. The van der Waals surface area contributed by atoms with Crippen molar-refractivity contribution < 1.29 is 4.74 Å². The number of aromatic nitrogens is 2. The van der Waals surface area contributed by atoms with E-state index in [1.165, 1.54) is 0 Å². The molecule has 96 valence electrons. The first kappa shape index (κ1) is 13.6. The summed E-state index contributed by atoms with van der Waals surface area (Å²) in [7, 11) is 1.91. The van der Waals surface area contributed by atoms with Gasteiger partial charge in [0.25, 0.3) is 0 Å². The first-order valence-electron chi connectivity index (χ1n) is 5.58. The molecule has 0 amide bonds. The lowest BCUT2D eigenvalue weighted by Crippen LogP contribution is -2.02. The fraction of sp³-hybridized carbons (Fsp3) is 0.308. The second-order valence-electron chi connectivity index (χ2n) is 4.05. The highest BCUT2D eigenvalue weighted by Crippen LogP contribution is 2.22. The number of aryl methyl sites for hydroxylation is 2. The van der Waals surface area contributed by atoms with Crippen LogP contribution < -0.4 is 0 Å². The second-order valence-corrected chi connectivity index (χ2v) is 5.25. The van der Waals surface area contributed by atoms with E-state index in [-0.39, 0.29) is 0 Å². The van der Waals surface area contributed by atoms with Crippen LogP contribution in [-0.4, -0.2) is 9.78 Å². The topological polar surface area (TPSA) is 27.1 Å². The van der Waals surface area contributed by atoms with E-state index in [1.807, 2.05) is 42.9 Å². The van der Waals surface area contributed by atoms with Crippen LogP contribution in [0.2, 0.25) is 5.02 Å². The van der Waals surface area contributed by atoms with Gasteiger partial charge in [0.2, 0.25) is 0 Å². The van der Waals surface area contributed by atoms with Gasteiger partial charge in [-0.2, -0.15) is 5.10 Å². The maximum atomic E-state index is 6.07. The molecule has 3 nitrogen and oxygen atoms in total. The van der Waals surface area contributed by atoms with Crippen molar-refractivity contribution in [2.45, 2.75) is 20.1 Å². The van der Waals surface area contributed by atoms with E-state index >= 15 is 0 Å². The molecule has 0 N–H and O–H groups in total. The molecular formula is C13H14BrClN2O. The molecule has 0 unspecified atom stereocenters. The zero-order chi connectivity index (χ0) is 13.1. The lowest BCUT2D eigenvalue weighted by molar-refractivity contribution is 0.102. The van der Waals surface area contributed by atoms with Gasteiger partial charge in [0.15, 0.2) is 0 Å². The molecule has 0 bridgehead atoms. The first-order valence-corrected chi connectivity index (χ1v) is 6.76. The Balaban J connectivity index is 1.99. The minimum Gasteiger partial charge on any atom is -0.370 e. The Morgan fingerprint density at radius 2 is 2.06 bits per heavy atom. The molecule has 1 heterocycles. The van der Waals surface area contributed by atoms with Crippen LogP contribution in [0.4, 0.5) is 0 Å². The summed E-state index contributed by atoms with van der Waals surface area (Å²) in [5.74, 6) is 0. The molecule has 0 saturated carbocycles. The third kappa shape index (κ3) is 2.94. The number of nitrogens with zero attached hydrogens (tertiary/aromatic N) is 2. The molecule has 0 radical (unpaired) electrons. The molecule has 0 atom stereocenters. The quantitative estimate of drug-likeness (QED) is 0.851. The van der Waals surface area contributed by atoms with E-state index in [0.29, 0.717) is 13.2 Å². The molecule has 2 rings (SSSR count). The highest BCUT2D eigenvalue weighted by Gasteiger charge is 2.10. The molecule has 1 aromatic heterocycles. The van der Waals surface area contributed by atoms with Gasteiger partial charge in [-0.15, -0.1) is 0 Å². The number of hydrogen-bond donors (Lipinski definition) is 0. The molecule has 18 heavy (non-hydrogen) atoms. The van der Waals surface area contributed by atoms with Gasteiger partial charge in [0.05, 0.1) is 29.1 Å². The highest BCUT2D eigenvalue weighted by molar-refractivity contribution is 9.10. The summed E-state index contributed by atoms with van der Waals surface area (Å²) >= 11 is 9.58. The van der Waals surface area contributed by atoms with Crippen LogP contribution in [-0.2, 0) is 25.0 Å². The van der Waals surface area contributed by atoms with Crippen LogP contribution in [0, 0.1) is 6.92 Å². The van der Waals surface area contributed by atoms with Gasteiger partial charge in [-0.05, 0) is 34.5 Å². The van der Waals surface area contributed by atoms with Crippen LogP contribution in [0.3, 0.4) is 0 Å². The van der Waals surface area contributed by atoms with Gasteiger partial charge >= 0.3 is 0 Å². The molecular weight excluding hydrogens is 316 g/mol. The van der Waals surface area contributed by atoms with Crippen LogP contribution >= 0.6 is 27.5 Å². The van der Waals surface area contributed by atoms with E-state index in [9.17, 15) is 0 Å². The van der Waals surface area contributed by atoms with Crippen LogP contribution in [0.5, 0.6) is 0 Å². The SMILES string of the molecule is Cc1nn(C)c(COCc2ccccc2Cl)c1Br. The molecule has 2 aromatic rings. The maximum absolute atomic E-state index is 6.07. The van der Waals surface area contributed by atoms with E-state index in [1.54, 1.807) is 0 Å². The molecule has 0 spiro atoms. The average molecular weight is 330 g/mol. The highest BCUT2D eigenvalue weighted by atomic mass is 79.9. The Morgan fingerprint density at radius 1 is 1.33 bits per heavy atom. The zero-order valence-corrected chi connectivity index (χ0v) is 12.6. The van der Waals surface area contributed by atoms with Crippen LogP contribution in [0.15, 0.2) is 28.7 Å². The largest absolute Gasteiger partial charge is 0.370 e. The molecule has 1 aromatic carbocycles. The summed E-state index contributed by atoms with van der Waals surface area (Å²) in [6, 6.07) is 7.69. The number of halogens is 2. The number of hydrogen-bond acceptors (Lipinski definition) is 2. The summed E-state index contributed by atoms with van der Waals surface area (Å²) in [5.41, 5.74) is 2.99. The van der Waals surface area contributed by atoms with Gasteiger partial charge in [-0.1, -0.05) is 29.8 Å². The van der Waals surface area contributed by atoms with Crippen molar-refractivity contribution in [3.8, 4) is 0 Å². The van der Waals surface area contributed by atoms with Crippen molar-refractivity contribution in [3.05, 3.63) is 50.7 Å². The molecule has 0 aliphatic rings. The maximum Gasteiger partial charge on any atom is 0.0900 e. The Kier molecular flexibility index (Phi) is 4.43. The summed E-state index contributed by atoms with van der Waals surface area (Å²) in [6.07, 6.45) is 0. The van der Waals surface area contributed by atoms with Crippen molar-refractivity contribution in [1.29, 1.82) is 0 Å². The third-order valence-electron chi connectivity index (χ3n) is 2.72. The van der Waals surface area contributed by atoms with E-state index < -0.39 is 0 Å². The standard InChI is InChI=1S/C13H14BrClN2O/c1-9-13(14)12(17(2)16-9)8-18-7-10-5-3-4-6-11(10)15/h3-6H,7-8H2,1-2H3. The third-order valence-corrected chi connectivity index (χ3v) is 4.12. The second kappa shape index (κ2) is 5.87. The van der Waals surface area contributed by atoms with E-state index in [0.717, 1.165) is 26.4 Å². The minimum absolute atomic E-state index is 0.496. The normalized spacial score (nSPS) is 10.9. The zero-order valence-electron chi connectivity index (χ0n) is 10.3. The minimum atomic E-state index is 0.496. The van der Waals surface area contributed by atoms with Gasteiger partial charge < -0.3 is 4.74 Å². The van der Waals surface area contributed by atoms with Crippen molar-refractivity contribution >= 4 is 27.5 Å².